The molecule has 0 saturated carbocycles. The fraction of sp³-hybridized carbons (Fsp3) is 0. The summed E-state index contributed by atoms with van der Waals surface area (Å²) in [6.45, 7) is 0. The molecule has 0 fully saturated rings. The molecule has 0 amide bonds. The number of para-hydroxylation sites is 2. The lowest BCUT2D eigenvalue weighted by Gasteiger charge is -1.88. The first-order chi connectivity index (χ1) is 15.9. The highest BCUT2D eigenvalue weighted by Crippen LogP contribution is 2.32. The Labute approximate surface area is 189 Å². The number of thiophene rings is 1. The van der Waals surface area contributed by atoms with Crippen molar-refractivity contribution in [3.63, 3.8) is 0 Å². The van der Waals surface area contributed by atoms with E-state index in [1.807, 2.05) is 11.3 Å². The van der Waals surface area contributed by atoms with Crippen LogP contribution in [0.15, 0.2) is 116 Å². The summed E-state index contributed by atoms with van der Waals surface area (Å²) in [5.41, 5.74) is 2.42. The van der Waals surface area contributed by atoms with E-state index in [0.29, 0.717) is 0 Å². The maximum Gasteiger partial charge on any atom is 0.0529 e. The van der Waals surface area contributed by atoms with Gasteiger partial charge >= 0.3 is 0 Å². The molecule has 0 aliphatic heterocycles. The Kier molecular flexibility index (Phi) is 5.81. The smallest absolute Gasteiger partial charge is 0.0529 e. The minimum Gasteiger partial charge on any atom is -0.355 e. The number of rotatable bonds is 0. The zero-order valence-corrected chi connectivity index (χ0v) is 18.0. The van der Waals surface area contributed by atoms with Gasteiger partial charge in [-0.3, -0.25) is 0 Å². The molecule has 4 nitrogen and oxygen atoms in total. The Morgan fingerprint density at radius 1 is 0.469 bits per heavy atom. The predicted octanol–water partition coefficient (Wildman–Crippen LogP) is 7.25. The zero-order chi connectivity index (χ0) is 21.6. The minimum absolute atomic E-state index is 1.21. The summed E-state index contributed by atoms with van der Waals surface area (Å²) in [5.74, 6) is 0. The van der Waals surface area contributed by atoms with E-state index in [9.17, 15) is 0 Å². The van der Waals surface area contributed by atoms with Crippen molar-refractivity contribution >= 4 is 53.3 Å². The Bertz CT molecular complexity index is 1350. The van der Waals surface area contributed by atoms with E-state index in [1.165, 1.54) is 42.0 Å². The van der Waals surface area contributed by atoms with Gasteiger partial charge in [0, 0.05) is 42.0 Å². The summed E-state index contributed by atoms with van der Waals surface area (Å²) in [6, 6.07) is 35.6. The van der Waals surface area contributed by atoms with Crippen molar-refractivity contribution in [3.8, 4) is 0 Å². The number of fused-ring (bicyclic) bond motifs is 6. The largest absolute Gasteiger partial charge is 0.355 e. The van der Waals surface area contributed by atoms with Gasteiger partial charge in [0.2, 0.25) is 0 Å². The van der Waals surface area contributed by atoms with Gasteiger partial charge in [0.25, 0.3) is 0 Å². The second-order valence-electron chi connectivity index (χ2n) is 7.12. The van der Waals surface area contributed by atoms with E-state index in [0.717, 1.165) is 0 Å². The van der Waals surface area contributed by atoms with Gasteiger partial charge < -0.3 is 4.98 Å². The third kappa shape index (κ3) is 4.19. The Morgan fingerprint density at radius 2 is 0.906 bits per heavy atom. The van der Waals surface area contributed by atoms with Crippen molar-refractivity contribution in [2.24, 2.45) is 0 Å². The maximum absolute atomic E-state index is 3.42. The number of hydrogen-bond donors (Lipinski definition) is 1. The summed E-state index contributed by atoms with van der Waals surface area (Å²) in [6.07, 6.45) is 3.15. The van der Waals surface area contributed by atoms with Crippen LogP contribution in [0.4, 0.5) is 0 Å². The molecular weight excluding hydrogens is 412 g/mol. The summed E-state index contributed by atoms with van der Waals surface area (Å²) in [5, 5.41) is 15.5. The van der Waals surface area contributed by atoms with E-state index < -0.39 is 0 Å². The lowest BCUT2D eigenvalue weighted by molar-refractivity contribution is 0.865. The third-order valence-electron chi connectivity index (χ3n) is 5.11. The number of nitrogens with zero attached hydrogens (tertiary/aromatic N) is 3. The fourth-order valence-corrected chi connectivity index (χ4v) is 4.78. The molecule has 7 rings (SSSR count). The highest BCUT2D eigenvalue weighted by molar-refractivity contribution is 7.25. The Hall–Kier alpha value is -4.09. The Balaban J connectivity index is 0.000000109. The first-order valence-corrected chi connectivity index (χ1v) is 11.1. The normalized spacial score (nSPS) is 10.5. The summed E-state index contributed by atoms with van der Waals surface area (Å²) in [4.78, 5) is 3.38. The first-order valence-electron chi connectivity index (χ1n) is 10.3. The number of nitrogens with one attached hydrogen (secondary N) is 1. The van der Waals surface area contributed by atoms with Crippen molar-refractivity contribution in [1.82, 2.24) is 20.4 Å². The molecule has 0 bridgehead atoms. The second-order valence-corrected chi connectivity index (χ2v) is 8.21. The average molecular weight is 433 g/mol. The molecule has 0 aliphatic carbocycles. The second kappa shape index (κ2) is 9.37. The van der Waals surface area contributed by atoms with Crippen LogP contribution in [0.3, 0.4) is 0 Å². The number of aromatic nitrogens is 4. The summed E-state index contributed by atoms with van der Waals surface area (Å²) < 4.78 is 2.76. The fourth-order valence-electron chi connectivity index (χ4n) is 3.68. The lowest BCUT2D eigenvalue weighted by Crippen LogP contribution is -1.78. The van der Waals surface area contributed by atoms with Gasteiger partial charge in [-0.15, -0.1) is 21.5 Å². The van der Waals surface area contributed by atoms with Crippen LogP contribution < -0.4 is 0 Å². The minimum atomic E-state index is 1.21. The highest BCUT2D eigenvalue weighted by Gasteiger charge is 2.01. The molecule has 0 aliphatic rings. The molecular formula is C27H20N4S. The molecule has 0 atom stereocenters. The zero-order valence-electron chi connectivity index (χ0n) is 17.2. The maximum atomic E-state index is 3.42. The number of H-pyrrole nitrogens is 1. The van der Waals surface area contributed by atoms with Gasteiger partial charge in [0.1, 0.15) is 0 Å². The molecule has 5 heteroatoms. The van der Waals surface area contributed by atoms with Crippen LogP contribution in [0.25, 0.3) is 42.0 Å². The van der Waals surface area contributed by atoms with E-state index in [-0.39, 0.29) is 0 Å². The lowest BCUT2D eigenvalue weighted by atomic mass is 10.2. The van der Waals surface area contributed by atoms with Crippen LogP contribution in [0.2, 0.25) is 0 Å². The van der Waals surface area contributed by atoms with Crippen molar-refractivity contribution < 1.29 is 0 Å². The summed E-state index contributed by atoms with van der Waals surface area (Å²) >= 11 is 1.86. The molecule has 1 N–H and O–H groups in total. The molecule has 4 aromatic carbocycles. The van der Waals surface area contributed by atoms with E-state index in [4.69, 9.17) is 0 Å². The van der Waals surface area contributed by atoms with Gasteiger partial charge in [-0.05, 0) is 35.5 Å². The Morgan fingerprint density at radius 3 is 1.34 bits per heavy atom. The monoisotopic (exact) mass is 432 g/mol. The molecule has 32 heavy (non-hydrogen) atoms. The predicted molar refractivity (Wildman–Crippen MR) is 135 cm³/mol. The molecule has 0 unspecified atom stereocenters. The van der Waals surface area contributed by atoms with Crippen molar-refractivity contribution in [1.29, 1.82) is 0 Å². The van der Waals surface area contributed by atoms with E-state index in [2.05, 4.69) is 117 Å². The van der Waals surface area contributed by atoms with Gasteiger partial charge in [-0.1, -0.05) is 72.8 Å². The van der Waals surface area contributed by atoms with Crippen molar-refractivity contribution in [2.45, 2.75) is 0 Å². The molecule has 3 aromatic heterocycles. The van der Waals surface area contributed by atoms with Crippen LogP contribution in [-0.4, -0.2) is 20.4 Å². The van der Waals surface area contributed by atoms with Gasteiger partial charge in [-0.25, -0.2) is 0 Å². The molecule has 0 radical (unpaired) electrons. The van der Waals surface area contributed by atoms with Gasteiger partial charge in [-0.2, -0.15) is 0 Å². The topological polar surface area (TPSA) is 54.5 Å². The highest BCUT2D eigenvalue weighted by atomic mass is 32.1. The van der Waals surface area contributed by atoms with E-state index in [1.54, 1.807) is 18.5 Å². The molecule has 154 valence electrons. The summed E-state index contributed by atoms with van der Waals surface area (Å²) in [7, 11) is 0. The SMILES string of the molecule is c1ccc2c(c1)[nH]c1ccccc12.c1ccc2c(c1)sc1ccccc12.c1cnnnc1. The van der Waals surface area contributed by atoms with Crippen LogP contribution in [-0.2, 0) is 0 Å². The van der Waals surface area contributed by atoms with Crippen molar-refractivity contribution in [2.75, 3.05) is 0 Å². The number of aromatic amines is 1. The average Bonchev–Trinajstić information content (AvgIpc) is 3.44. The van der Waals surface area contributed by atoms with Crippen LogP contribution in [0.5, 0.6) is 0 Å². The van der Waals surface area contributed by atoms with Gasteiger partial charge in [0.05, 0.1) is 12.4 Å². The quantitative estimate of drug-likeness (QED) is 0.275. The first kappa shape index (κ1) is 19.8. The van der Waals surface area contributed by atoms with Crippen LogP contribution in [0, 0.1) is 0 Å². The van der Waals surface area contributed by atoms with Crippen LogP contribution >= 0.6 is 11.3 Å². The van der Waals surface area contributed by atoms with Crippen molar-refractivity contribution in [3.05, 3.63) is 116 Å². The standard InChI is InChI=1S/C12H9N.C12H8S.C3H3N3/c2*1-3-7-11-9(5-1)10-6-2-4-8-12(10)13-11;1-2-4-6-5-3-1/h1-8,13H;1-8H;1-3H. The van der Waals surface area contributed by atoms with E-state index >= 15 is 0 Å². The third-order valence-corrected chi connectivity index (χ3v) is 6.26. The molecule has 3 heterocycles. The molecule has 0 saturated heterocycles. The number of hydrogen-bond acceptors (Lipinski definition) is 4. The van der Waals surface area contributed by atoms with Gasteiger partial charge in [0.15, 0.2) is 0 Å². The number of benzene rings is 4. The van der Waals surface area contributed by atoms with Crippen LogP contribution in [0.1, 0.15) is 0 Å². The molecule has 0 spiro atoms. The molecule has 7 aromatic rings.